The van der Waals surface area contributed by atoms with Crippen LogP contribution in [-0.4, -0.2) is 15.7 Å². The molecule has 0 amide bonds. The van der Waals surface area contributed by atoms with E-state index in [-0.39, 0.29) is 5.82 Å². The molecule has 0 bridgehead atoms. The lowest BCUT2D eigenvalue weighted by Gasteiger charge is -2.09. The Morgan fingerprint density at radius 1 is 0.848 bits per heavy atom. The molecule has 0 spiro atoms. The molecule has 5 heteroatoms. The molecule has 33 heavy (non-hydrogen) atoms. The summed E-state index contributed by atoms with van der Waals surface area (Å²) in [6.45, 7) is 4.16. The first-order valence-corrected chi connectivity index (χ1v) is 11.2. The van der Waals surface area contributed by atoms with Gasteiger partial charge < -0.3 is 0 Å². The van der Waals surface area contributed by atoms with Crippen molar-refractivity contribution in [3.63, 3.8) is 0 Å². The van der Waals surface area contributed by atoms with E-state index in [4.69, 9.17) is 0 Å². The Bertz CT molecular complexity index is 1220. The van der Waals surface area contributed by atoms with Gasteiger partial charge >= 0.3 is 0 Å². The number of benzene rings is 3. The maximum atomic E-state index is 13.4. The zero-order valence-corrected chi connectivity index (χ0v) is 18.9. The average Bonchev–Trinajstić information content (AvgIpc) is 2.87. The van der Waals surface area contributed by atoms with Gasteiger partial charge in [-0.3, -0.25) is 0 Å². The Hall–Kier alpha value is -3.86. The van der Waals surface area contributed by atoms with Crippen LogP contribution in [0.25, 0.3) is 22.5 Å². The molecule has 0 saturated heterocycles. The van der Waals surface area contributed by atoms with E-state index >= 15 is 0 Å². The third-order valence-electron chi connectivity index (χ3n) is 5.45. The standard InChI is InChI=1S/C28H27FN4/c1-3-4-8-21-11-13-22(14-12-21)20(2)32-33-28-30-26(23-9-6-5-7-10-23)19-27(31-28)24-15-17-25(29)18-16-24/h5-7,9-19H,3-4,8H2,1-2H3,(H,30,31,33)/b32-20+. The molecule has 1 heterocycles. The number of hydrazone groups is 1. The molecule has 0 aliphatic rings. The Kier molecular flexibility index (Phi) is 7.20. The quantitative estimate of drug-likeness (QED) is 0.235. The largest absolute Gasteiger partial charge is 0.245 e. The highest BCUT2D eigenvalue weighted by Gasteiger charge is 2.09. The van der Waals surface area contributed by atoms with Crippen LogP contribution < -0.4 is 5.43 Å². The van der Waals surface area contributed by atoms with Crippen LogP contribution in [0.5, 0.6) is 0 Å². The third kappa shape index (κ3) is 5.89. The summed E-state index contributed by atoms with van der Waals surface area (Å²) in [5, 5.41) is 4.52. The third-order valence-corrected chi connectivity index (χ3v) is 5.45. The lowest BCUT2D eigenvalue weighted by Crippen LogP contribution is -2.04. The predicted octanol–water partition coefficient (Wildman–Crippen LogP) is 7.13. The summed E-state index contributed by atoms with van der Waals surface area (Å²) in [4.78, 5) is 9.28. The second-order valence-corrected chi connectivity index (χ2v) is 7.94. The van der Waals surface area contributed by atoms with E-state index in [2.05, 4.69) is 51.7 Å². The molecule has 0 unspecified atom stereocenters. The molecular weight excluding hydrogens is 411 g/mol. The first-order chi connectivity index (χ1) is 16.1. The first-order valence-electron chi connectivity index (χ1n) is 11.2. The van der Waals surface area contributed by atoms with E-state index in [9.17, 15) is 4.39 Å². The van der Waals surface area contributed by atoms with Gasteiger partial charge in [0.05, 0.1) is 17.1 Å². The highest BCUT2D eigenvalue weighted by Crippen LogP contribution is 2.25. The highest BCUT2D eigenvalue weighted by molar-refractivity contribution is 5.99. The van der Waals surface area contributed by atoms with Crippen LogP contribution in [0.4, 0.5) is 10.3 Å². The lowest BCUT2D eigenvalue weighted by atomic mass is 10.0. The number of nitrogens with zero attached hydrogens (tertiary/aromatic N) is 3. The van der Waals surface area contributed by atoms with Gasteiger partial charge in [0.2, 0.25) is 5.95 Å². The molecule has 0 aliphatic heterocycles. The van der Waals surface area contributed by atoms with Gasteiger partial charge in [0, 0.05) is 11.1 Å². The Morgan fingerprint density at radius 3 is 2.12 bits per heavy atom. The van der Waals surface area contributed by atoms with Crippen molar-refractivity contribution >= 4 is 11.7 Å². The van der Waals surface area contributed by atoms with E-state index in [1.165, 1.54) is 30.5 Å². The van der Waals surface area contributed by atoms with Gasteiger partial charge in [-0.25, -0.2) is 19.8 Å². The molecule has 4 aromatic rings. The summed E-state index contributed by atoms with van der Waals surface area (Å²) in [7, 11) is 0. The van der Waals surface area contributed by atoms with E-state index in [1.54, 1.807) is 12.1 Å². The van der Waals surface area contributed by atoms with E-state index < -0.39 is 0 Å². The van der Waals surface area contributed by atoms with Crippen molar-refractivity contribution < 1.29 is 4.39 Å². The molecule has 3 aromatic carbocycles. The Labute approximate surface area is 194 Å². The number of nitrogens with one attached hydrogen (secondary N) is 1. The number of anilines is 1. The fourth-order valence-corrected chi connectivity index (χ4v) is 3.51. The van der Waals surface area contributed by atoms with Gasteiger partial charge in [-0.1, -0.05) is 67.9 Å². The summed E-state index contributed by atoms with van der Waals surface area (Å²) >= 11 is 0. The molecule has 4 rings (SSSR count). The van der Waals surface area contributed by atoms with Crippen LogP contribution in [0, 0.1) is 5.82 Å². The van der Waals surface area contributed by atoms with Gasteiger partial charge in [0.15, 0.2) is 0 Å². The number of hydrogen-bond donors (Lipinski definition) is 1. The molecule has 4 nitrogen and oxygen atoms in total. The number of unbranched alkanes of at least 4 members (excludes halogenated alkanes) is 1. The van der Waals surface area contributed by atoms with Crippen LogP contribution in [0.3, 0.4) is 0 Å². The molecule has 0 radical (unpaired) electrons. The van der Waals surface area contributed by atoms with Crippen LogP contribution in [0.1, 0.15) is 37.8 Å². The molecule has 0 aliphatic carbocycles. The second kappa shape index (κ2) is 10.6. The smallest absolute Gasteiger partial charge is 0.244 e. The van der Waals surface area contributed by atoms with Crippen molar-refractivity contribution in [2.45, 2.75) is 33.1 Å². The topological polar surface area (TPSA) is 50.2 Å². The van der Waals surface area contributed by atoms with Crippen LogP contribution in [0.2, 0.25) is 0 Å². The summed E-state index contributed by atoms with van der Waals surface area (Å²) in [6, 6.07) is 26.6. The van der Waals surface area contributed by atoms with E-state index in [0.29, 0.717) is 11.6 Å². The average molecular weight is 439 g/mol. The zero-order chi connectivity index (χ0) is 23.0. The maximum Gasteiger partial charge on any atom is 0.244 e. The molecule has 166 valence electrons. The lowest BCUT2D eigenvalue weighted by molar-refractivity contribution is 0.628. The van der Waals surface area contributed by atoms with Crippen LogP contribution in [0.15, 0.2) is 90.0 Å². The summed E-state index contributed by atoms with van der Waals surface area (Å²) in [5.74, 6) is 0.102. The predicted molar refractivity (Wildman–Crippen MR) is 134 cm³/mol. The zero-order valence-electron chi connectivity index (χ0n) is 18.9. The highest BCUT2D eigenvalue weighted by atomic mass is 19.1. The number of hydrogen-bond acceptors (Lipinski definition) is 4. The number of aromatic nitrogens is 2. The number of halogens is 1. The summed E-state index contributed by atoms with van der Waals surface area (Å²) in [5.41, 5.74) is 9.47. The maximum absolute atomic E-state index is 13.4. The SMILES string of the molecule is CCCCc1ccc(/C(C)=N/Nc2nc(-c3ccccc3)cc(-c3ccc(F)cc3)n2)cc1. The van der Waals surface area contributed by atoms with Crippen LogP contribution >= 0.6 is 0 Å². The summed E-state index contributed by atoms with van der Waals surface area (Å²) in [6.07, 6.45) is 3.48. The van der Waals surface area contributed by atoms with Crippen molar-refractivity contribution in [2.24, 2.45) is 5.10 Å². The van der Waals surface area contributed by atoms with Crippen LogP contribution in [-0.2, 0) is 6.42 Å². The van der Waals surface area contributed by atoms with Gasteiger partial charge in [-0.05, 0) is 61.2 Å². The minimum Gasteiger partial charge on any atom is -0.245 e. The van der Waals surface area contributed by atoms with Crippen molar-refractivity contribution in [2.75, 3.05) is 5.43 Å². The summed E-state index contributed by atoms with van der Waals surface area (Å²) < 4.78 is 13.4. The van der Waals surface area contributed by atoms with Gasteiger partial charge in [0.1, 0.15) is 5.82 Å². The van der Waals surface area contributed by atoms with Crippen molar-refractivity contribution in [3.05, 3.63) is 102 Å². The Morgan fingerprint density at radius 2 is 1.48 bits per heavy atom. The van der Waals surface area contributed by atoms with Gasteiger partial charge in [0.25, 0.3) is 0 Å². The monoisotopic (exact) mass is 438 g/mol. The molecule has 0 saturated carbocycles. The van der Waals surface area contributed by atoms with Crippen molar-refractivity contribution in [1.29, 1.82) is 0 Å². The van der Waals surface area contributed by atoms with E-state index in [1.807, 2.05) is 43.3 Å². The molecule has 1 aromatic heterocycles. The Balaban J connectivity index is 1.62. The van der Waals surface area contributed by atoms with Crippen molar-refractivity contribution in [3.8, 4) is 22.5 Å². The minimum atomic E-state index is -0.282. The fraction of sp³-hybridized carbons (Fsp3) is 0.179. The number of aryl methyl sites for hydroxylation is 1. The fourth-order valence-electron chi connectivity index (χ4n) is 3.51. The van der Waals surface area contributed by atoms with Gasteiger partial charge in [-0.15, -0.1) is 0 Å². The van der Waals surface area contributed by atoms with Crippen molar-refractivity contribution in [1.82, 2.24) is 9.97 Å². The second-order valence-electron chi connectivity index (χ2n) is 7.94. The number of rotatable bonds is 8. The molecule has 0 atom stereocenters. The molecular formula is C28H27FN4. The minimum absolute atomic E-state index is 0.282. The molecule has 0 fully saturated rings. The van der Waals surface area contributed by atoms with E-state index in [0.717, 1.165) is 34.5 Å². The molecule has 1 N–H and O–H groups in total. The first kappa shape index (κ1) is 22.3. The van der Waals surface area contributed by atoms with Gasteiger partial charge in [-0.2, -0.15) is 5.10 Å². The normalized spacial score (nSPS) is 11.4.